The summed E-state index contributed by atoms with van der Waals surface area (Å²) in [7, 11) is 0. The molecule has 178 valence electrons. The number of ether oxygens (including phenoxy) is 1. The maximum atomic E-state index is 13.0. The number of aryl methyl sites for hydroxylation is 1. The molecule has 1 N–H and O–H groups in total. The third-order valence-corrected chi connectivity index (χ3v) is 7.36. The highest BCUT2D eigenvalue weighted by Gasteiger charge is 2.33. The number of amides is 2. The second-order valence-electron chi connectivity index (χ2n) is 8.06. The van der Waals surface area contributed by atoms with Gasteiger partial charge in [-0.05, 0) is 37.1 Å². The molecule has 1 unspecified atom stereocenters. The molecular formula is C25H23N5O3S2. The molecule has 2 amide bonds. The van der Waals surface area contributed by atoms with Gasteiger partial charge in [0.25, 0.3) is 5.91 Å². The van der Waals surface area contributed by atoms with Gasteiger partial charge in [0.05, 0.1) is 16.4 Å². The Morgan fingerprint density at radius 2 is 1.97 bits per heavy atom. The summed E-state index contributed by atoms with van der Waals surface area (Å²) in [6.45, 7) is 3.50. The quantitative estimate of drug-likeness (QED) is 0.395. The van der Waals surface area contributed by atoms with Crippen molar-refractivity contribution in [2.75, 3.05) is 16.8 Å². The van der Waals surface area contributed by atoms with Gasteiger partial charge < -0.3 is 4.74 Å². The van der Waals surface area contributed by atoms with Crippen LogP contribution in [0.25, 0.3) is 11.3 Å². The maximum absolute atomic E-state index is 13.0. The molecule has 2 aromatic carbocycles. The second kappa shape index (κ2) is 9.93. The summed E-state index contributed by atoms with van der Waals surface area (Å²) < 4.78 is 5.81. The van der Waals surface area contributed by atoms with Crippen LogP contribution in [-0.4, -0.2) is 39.6 Å². The van der Waals surface area contributed by atoms with Crippen molar-refractivity contribution in [3.05, 3.63) is 69.5 Å². The fraction of sp³-hybridized carbons (Fsp3) is 0.240. The number of thiazole rings is 1. The first-order valence-electron chi connectivity index (χ1n) is 11.2. The van der Waals surface area contributed by atoms with Crippen molar-refractivity contribution in [3.8, 4) is 17.0 Å². The zero-order chi connectivity index (χ0) is 24.4. The van der Waals surface area contributed by atoms with Crippen LogP contribution in [0.4, 0.5) is 10.8 Å². The number of nitrogens with zero attached hydrogens (tertiary/aromatic N) is 4. The third-order valence-electron chi connectivity index (χ3n) is 5.53. The largest absolute Gasteiger partial charge is 0.479 e. The van der Waals surface area contributed by atoms with Crippen molar-refractivity contribution in [2.24, 2.45) is 0 Å². The van der Waals surface area contributed by atoms with Crippen LogP contribution in [-0.2, 0) is 22.4 Å². The van der Waals surface area contributed by atoms with Crippen molar-refractivity contribution in [1.29, 1.82) is 0 Å². The molecule has 4 aromatic rings. The molecule has 0 aliphatic carbocycles. The summed E-state index contributed by atoms with van der Waals surface area (Å²) in [4.78, 5) is 32.0. The van der Waals surface area contributed by atoms with Crippen molar-refractivity contribution < 1.29 is 14.3 Å². The predicted octanol–water partition coefficient (Wildman–Crippen LogP) is 4.57. The van der Waals surface area contributed by atoms with Crippen LogP contribution in [0.5, 0.6) is 5.75 Å². The fourth-order valence-corrected chi connectivity index (χ4v) is 5.31. The Hall–Kier alpha value is -3.63. The lowest BCUT2D eigenvalue weighted by molar-refractivity contribution is -0.127. The van der Waals surface area contributed by atoms with E-state index >= 15 is 0 Å². The molecule has 0 bridgehead atoms. The van der Waals surface area contributed by atoms with E-state index in [1.807, 2.05) is 48.7 Å². The standard InChI is InChI=1S/C25H23N5O3S2/c1-3-22-28-29-25(35-22)27-21(31)13-30-19-12-17(9-10-20(19)33-15(2)24(30)32)18-14-34-23(26-18)11-16-7-5-4-6-8-16/h4-10,12,14-15H,3,11,13H2,1-2H3,(H,27,29,31). The van der Waals surface area contributed by atoms with Gasteiger partial charge in [0.1, 0.15) is 17.3 Å². The number of hydrogen-bond donors (Lipinski definition) is 1. The highest BCUT2D eigenvalue weighted by Crippen LogP contribution is 2.38. The molecule has 0 fully saturated rings. The molecule has 5 rings (SSSR count). The maximum Gasteiger partial charge on any atom is 0.268 e. The Balaban J connectivity index is 1.38. The van der Waals surface area contributed by atoms with Crippen molar-refractivity contribution in [1.82, 2.24) is 15.2 Å². The number of fused-ring (bicyclic) bond motifs is 1. The van der Waals surface area contributed by atoms with Gasteiger partial charge in [-0.1, -0.05) is 48.6 Å². The van der Waals surface area contributed by atoms with E-state index in [0.29, 0.717) is 16.6 Å². The average Bonchev–Trinajstić information content (AvgIpc) is 3.52. The molecule has 1 atom stereocenters. The minimum atomic E-state index is -0.689. The minimum absolute atomic E-state index is 0.152. The van der Waals surface area contributed by atoms with E-state index in [2.05, 4.69) is 27.6 Å². The number of aromatic nitrogens is 3. The van der Waals surface area contributed by atoms with E-state index in [4.69, 9.17) is 9.72 Å². The van der Waals surface area contributed by atoms with E-state index < -0.39 is 6.10 Å². The minimum Gasteiger partial charge on any atom is -0.479 e. The first kappa shape index (κ1) is 23.1. The first-order valence-corrected chi connectivity index (χ1v) is 12.9. The number of benzene rings is 2. The average molecular weight is 506 g/mol. The smallest absolute Gasteiger partial charge is 0.268 e. The summed E-state index contributed by atoms with van der Waals surface area (Å²) >= 11 is 2.92. The SMILES string of the molecule is CCc1nnc(NC(=O)CN2C(=O)C(C)Oc3ccc(-c4csc(Cc5ccccc5)n4)cc32)s1. The summed E-state index contributed by atoms with van der Waals surface area (Å²) in [6.07, 6.45) is 0.811. The number of carbonyl (C=O) groups excluding carboxylic acids is 2. The molecule has 10 heteroatoms. The Morgan fingerprint density at radius 1 is 1.14 bits per heavy atom. The summed E-state index contributed by atoms with van der Waals surface area (Å²) in [5.74, 6) is -0.0710. The molecular weight excluding hydrogens is 482 g/mol. The van der Waals surface area contributed by atoms with Crippen LogP contribution in [0.1, 0.15) is 29.4 Å². The topological polar surface area (TPSA) is 97.3 Å². The monoisotopic (exact) mass is 505 g/mol. The predicted molar refractivity (Wildman–Crippen MR) is 137 cm³/mol. The summed E-state index contributed by atoms with van der Waals surface area (Å²) in [5, 5.41) is 15.0. The van der Waals surface area contributed by atoms with Crippen molar-refractivity contribution >= 4 is 45.3 Å². The van der Waals surface area contributed by atoms with Gasteiger partial charge >= 0.3 is 0 Å². The number of rotatable bonds is 7. The normalized spacial score (nSPS) is 15.0. The van der Waals surface area contributed by atoms with Crippen LogP contribution in [0.2, 0.25) is 0 Å². The number of carbonyl (C=O) groups is 2. The van der Waals surface area contributed by atoms with Crippen molar-refractivity contribution in [2.45, 2.75) is 32.8 Å². The van der Waals surface area contributed by atoms with Crippen LogP contribution in [0.3, 0.4) is 0 Å². The van der Waals surface area contributed by atoms with Gasteiger partial charge in [-0.2, -0.15) is 0 Å². The third kappa shape index (κ3) is 5.08. The molecule has 1 aliphatic heterocycles. The number of nitrogens with one attached hydrogen (secondary N) is 1. The number of anilines is 2. The van der Waals surface area contributed by atoms with E-state index in [9.17, 15) is 9.59 Å². The van der Waals surface area contributed by atoms with Crippen LogP contribution in [0, 0.1) is 0 Å². The Kier molecular flexibility index (Phi) is 6.56. The molecule has 0 saturated carbocycles. The van der Waals surface area contributed by atoms with Gasteiger partial charge in [0, 0.05) is 17.4 Å². The van der Waals surface area contributed by atoms with Gasteiger partial charge in [0.15, 0.2) is 6.10 Å². The Morgan fingerprint density at radius 3 is 2.74 bits per heavy atom. The zero-order valence-corrected chi connectivity index (χ0v) is 20.9. The Labute approximate surface area is 210 Å². The highest BCUT2D eigenvalue weighted by molar-refractivity contribution is 7.15. The fourth-order valence-electron chi connectivity index (χ4n) is 3.77. The van der Waals surface area contributed by atoms with Crippen LogP contribution >= 0.6 is 22.7 Å². The second-order valence-corrected chi connectivity index (χ2v) is 10.1. The first-order chi connectivity index (χ1) is 17.0. The van der Waals surface area contributed by atoms with Crippen LogP contribution < -0.4 is 15.0 Å². The molecule has 0 radical (unpaired) electrons. The lowest BCUT2D eigenvalue weighted by atomic mass is 10.1. The summed E-state index contributed by atoms with van der Waals surface area (Å²) in [6, 6.07) is 15.8. The molecule has 3 heterocycles. The Bertz CT molecular complexity index is 1370. The molecule has 8 nitrogen and oxygen atoms in total. The molecule has 0 saturated heterocycles. The molecule has 35 heavy (non-hydrogen) atoms. The van der Waals surface area contributed by atoms with Gasteiger partial charge in [-0.3, -0.25) is 19.8 Å². The van der Waals surface area contributed by atoms with Gasteiger partial charge in [0.2, 0.25) is 11.0 Å². The lowest BCUT2D eigenvalue weighted by Gasteiger charge is -2.32. The lowest BCUT2D eigenvalue weighted by Crippen LogP contribution is -2.47. The highest BCUT2D eigenvalue weighted by atomic mass is 32.1. The molecule has 1 aliphatic rings. The van der Waals surface area contributed by atoms with Gasteiger partial charge in [-0.15, -0.1) is 21.5 Å². The van der Waals surface area contributed by atoms with Gasteiger partial charge in [-0.25, -0.2) is 4.98 Å². The van der Waals surface area contributed by atoms with E-state index in [0.717, 1.165) is 34.1 Å². The van der Waals surface area contributed by atoms with E-state index in [1.165, 1.54) is 21.8 Å². The summed E-state index contributed by atoms with van der Waals surface area (Å²) in [5.41, 5.74) is 3.42. The zero-order valence-electron chi connectivity index (χ0n) is 19.2. The van der Waals surface area contributed by atoms with E-state index in [1.54, 1.807) is 18.3 Å². The molecule has 2 aromatic heterocycles. The van der Waals surface area contributed by atoms with E-state index in [-0.39, 0.29) is 18.4 Å². The number of hydrogen-bond acceptors (Lipinski definition) is 8. The van der Waals surface area contributed by atoms with Crippen molar-refractivity contribution in [3.63, 3.8) is 0 Å². The van der Waals surface area contributed by atoms with Crippen LogP contribution in [0.15, 0.2) is 53.9 Å². The molecule has 0 spiro atoms.